The summed E-state index contributed by atoms with van der Waals surface area (Å²) in [5, 5.41) is 4.64. The van der Waals surface area contributed by atoms with Crippen molar-refractivity contribution >= 4 is 17.5 Å². The van der Waals surface area contributed by atoms with Gasteiger partial charge in [-0.25, -0.2) is 4.39 Å². The molecule has 2 aromatic carbocycles. The fourth-order valence-corrected chi connectivity index (χ4v) is 4.05. The normalized spacial score (nSPS) is 13.4. The number of carbonyl (C=O) groups excluding carboxylic acids is 2. The molecule has 3 aromatic rings. The average Bonchev–Trinajstić information content (AvgIpc) is 3.10. The van der Waals surface area contributed by atoms with Crippen LogP contribution < -0.4 is 4.90 Å². The lowest BCUT2D eigenvalue weighted by Gasteiger charge is -2.23. The summed E-state index contributed by atoms with van der Waals surface area (Å²) >= 11 is 0. The Hall–Kier alpha value is -3.48. The van der Waals surface area contributed by atoms with Gasteiger partial charge in [-0.05, 0) is 55.8 Å². The van der Waals surface area contributed by atoms with Crippen LogP contribution in [0.2, 0.25) is 0 Å². The molecule has 1 aliphatic heterocycles. The van der Waals surface area contributed by atoms with Gasteiger partial charge in [0.1, 0.15) is 5.82 Å². The molecule has 0 atom stereocenters. The van der Waals surface area contributed by atoms with Gasteiger partial charge in [0.05, 0.1) is 17.9 Å². The summed E-state index contributed by atoms with van der Waals surface area (Å²) in [5.41, 5.74) is 3.40. The number of hydrogen-bond acceptors (Lipinski definition) is 3. The molecule has 1 aromatic heterocycles. The summed E-state index contributed by atoms with van der Waals surface area (Å²) in [7, 11) is 0. The van der Waals surface area contributed by atoms with E-state index in [0.29, 0.717) is 19.6 Å². The van der Waals surface area contributed by atoms with E-state index in [4.69, 9.17) is 0 Å². The van der Waals surface area contributed by atoms with Crippen LogP contribution in [0.3, 0.4) is 0 Å². The maximum atomic E-state index is 13.2. The van der Waals surface area contributed by atoms with Crippen LogP contribution in [0.15, 0.2) is 60.7 Å². The number of rotatable bonds is 6. The highest BCUT2D eigenvalue weighted by Gasteiger charge is 2.23. The van der Waals surface area contributed by atoms with Gasteiger partial charge >= 0.3 is 0 Å². The number of fused-ring (bicyclic) bond motifs is 1. The second-order valence-corrected chi connectivity index (χ2v) is 7.89. The lowest BCUT2D eigenvalue weighted by atomic mass is 10.1. The van der Waals surface area contributed by atoms with Crippen LogP contribution in [-0.2, 0) is 22.7 Å². The van der Waals surface area contributed by atoms with Crippen molar-refractivity contribution in [2.45, 2.75) is 39.3 Å². The maximum absolute atomic E-state index is 13.2. The van der Waals surface area contributed by atoms with Crippen LogP contribution in [0.5, 0.6) is 0 Å². The predicted octanol–water partition coefficient (Wildman–Crippen LogP) is 4.25. The molecule has 1 aliphatic rings. The zero-order valence-corrected chi connectivity index (χ0v) is 18.2. The zero-order chi connectivity index (χ0) is 22.5. The van der Waals surface area contributed by atoms with Crippen molar-refractivity contribution in [1.82, 2.24) is 14.7 Å². The minimum atomic E-state index is -0.283. The maximum Gasteiger partial charge on any atom is 0.227 e. The van der Waals surface area contributed by atoms with Gasteiger partial charge in [-0.2, -0.15) is 5.10 Å². The molecule has 0 saturated carbocycles. The highest BCUT2D eigenvalue weighted by Crippen LogP contribution is 2.23. The molecule has 6 nitrogen and oxygen atoms in total. The first-order valence-electron chi connectivity index (χ1n) is 11.0. The molecule has 166 valence electrons. The first kappa shape index (κ1) is 21.7. The summed E-state index contributed by atoms with van der Waals surface area (Å²) in [6.45, 7) is 4.31. The van der Waals surface area contributed by atoms with E-state index >= 15 is 0 Å². The highest BCUT2D eigenvalue weighted by molar-refractivity contribution is 5.95. The number of carbonyl (C=O) groups is 2. The Morgan fingerprint density at radius 1 is 1.03 bits per heavy atom. The molecule has 0 radical (unpaired) electrons. The number of amides is 2. The lowest BCUT2D eigenvalue weighted by molar-refractivity contribution is -0.133. The molecule has 0 aliphatic carbocycles. The van der Waals surface area contributed by atoms with Gasteiger partial charge in [0.15, 0.2) is 0 Å². The smallest absolute Gasteiger partial charge is 0.227 e. The Morgan fingerprint density at radius 3 is 2.50 bits per heavy atom. The Bertz CT molecular complexity index is 1080. The number of hydrogen-bond donors (Lipinski definition) is 0. The second kappa shape index (κ2) is 9.77. The quantitative estimate of drug-likeness (QED) is 0.583. The van der Waals surface area contributed by atoms with Gasteiger partial charge in [-0.1, -0.05) is 18.2 Å². The summed E-state index contributed by atoms with van der Waals surface area (Å²) < 4.78 is 15.1. The van der Waals surface area contributed by atoms with Crippen LogP contribution in [0.25, 0.3) is 11.3 Å². The zero-order valence-electron chi connectivity index (χ0n) is 18.2. The van der Waals surface area contributed by atoms with Gasteiger partial charge < -0.3 is 9.80 Å². The van der Waals surface area contributed by atoms with E-state index in [1.54, 1.807) is 21.9 Å². The number of anilines is 1. The molecule has 32 heavy (non-hydrogen) atoms. The molecule has 0 unspecified atom stereocenters. The van der Waals surface area contributed by atoms with E-state index in [-0.39, 0.29) is 30.5 Å². The number of halogens is 1. The summed E-state index contributed by atoms with van der Waals surface area (Å²) in [6, 6.07) is 17.7. The van der Waals surface area contributed by atoms with Crippen LogP contribution in [-0.4, -0.2) is 39.6 Å². The van der Waals surface area contributed by atoms with Crippen molar-refractivity contribution in [2.24, 2.45) is 0 Å². The van der Waals surface area contributed by atoms with Gasteiger partial charge in [-0.15, -0.1) is 0 Å². The van der Waals surface area contributed by atoms with Gasteiger partial charge in [0, 0.05) is 43.7 Å². The number of aromatic nitrogens is 2. The fraction of sp³-hybridized carbons (Fsp3) is 0.320. The highest BCUT2D eigenvalue weighted by atomic mass is 19.1. The molecule has 2 heterocycles. The Balaban J connectivity index is 1.39. The molecule has 0 fully saturated rings. The third-order valence-corrected chi connectivity index (χ3v) is 5.74. The molecular weight excluding hydrogens is 407 g/mol. The summed E-state index contributed by atoms with van der Waals surface area (Å²) in [5.74, 6) is -0.360. The van der Waals surface area contributed by atoms with Crippen LogP contribution >= 0.6 is 0 Å². The van der Waals surface area contributed by atoms with Gasteiger partial charge in [-0.3, -0.25) is 14.3 Å². The Labute approximate surface area is 187 Å². The third kappa shape index (κ3) is 4.88. The van der Waals surface area contributed by atoms with E-state index in [2.05, 4.69) is 5.10 Å². The SMILES string of the molecule is CCN(C(=O)CCC(=O)N1CCCn2nc(-c3ccc(F)cc3)cc2C1)c1ccccc1. The van der Waals surface area contributed by atoms with E-state index in [1.165, 1.54) is 12.1 Å². The van der Waals surface area contributed by atoms with Crippen molar-refractivity contribution in [3.05, 3.63) is 72.2 Å². The Kier molecular flexibility index (Phi) is 6.63. The molecule has 0 spiro atoms. The second-order valence-electron chi connectivity index (χ2n) is 7.89. The predicted molar refractivity (Wildman–Crippen MR) is 121 cm³/mol. The van der Waals surface area contributed by atoms with Gasteiger partial charge in [0.25, 0.3) is 0 Å². The van der Waals surface area contributed by atoms with Gasteiger partial charge in [0.2, 0.25) is 11.8 Å². The minimum Gasteiger partial charge on any atom is -0.337 e. The minimum absolute atomic E-state index is 0.0274. The van der Waals surface area contributed by atoms with Crippen molar-refractivity contribution in [3.8, 4) is 11.3 Å². The molecular formula is C25H27FN4O2. The summed E-state index contributed by atoms with van der Waals surface area (Å²) in [6.07, 6.45) is 1.15. The first-order chi connectivity index (χ1) is 15.5. The summed E-state index contributed by atoms with van der Waals surface area (Å²) in [4.78, 5) is 29.2. The van der Waals surface area contributed by atoms with E-state index in [1.807, 2.05) is 48.0 Å². The van der Waals surface area contributed by atoms with Crippen LogP contribution in [0.1, 0.15) is 31.9 Å². The van der Waals surface area contributed by atoms with Crippen LogP contribution in [0.4, 0.5) is 10.1 Å². The molecule has 7 heteroatoms. The standard InChI is InChI=1S/C25H27FN4O2/c1-2-29(21-7-4-3-5-8-21)25(32)14-13-24(31)28-15-6-16-30-22(18-28)17-23(27-30)19-9-11-20(26)12-10-19/h3-5,7-12,17H,2,6,13-16,18H2,1H3. The number of aryl methyl sites for hydroxylation is 1. The van der Waals surface area contributed by atoms with Crippen molar-refractivity contribution in [3.63, 3.8) is 0 Å². The molecule has 4 rings (SSSR count). The molecule has 2 amide bonds. The fourth-order valence-electron chi connectivity index (χ4n) is 4.05. The van der Waals surface area contributed by atoms with E-state index in [0.717, 1.165) is 35.6 Å². The third-order valence-electron chi connectivity index (χ3n) is 5.74. The van der Waals surface area contributed by atoms with Crippen molar-refractivity contribution < 1.29 is 14.0 Å². The average molecular weight is 435 g/mol. The largest absolute Gasteiger partial charge is 0.337 e. The molecule has 0 N–H and O–H groups in total. The first-order valence-corrected chi connectivity index (χ1v) is 11.0. The topological polar surface area (TPSA) is 58.4 Å². The van der Waals surface area contributed by atoms with E-state index < -0.39 is 0 Å². The lowest BCUT2D eigenvalue weighted by Crippen LogP contribution is -2.34. The van der Waals surface area contributed by atoms with Crippen LogP contribution in [0, 0.1) is 5.82 Å². The molecule has 0 bridgehead atoms. The molecule has 0 saturated heterocycles. The van der Waals surface area contributed by atoms with E-state index in [9.17, 15) is 14.0 Å². The monoisotopic (exact) mass is 434 g/mol. The number of nitrogens with zero attached hydrogens (tertiary/aromatic N) is 4. The number of para-hydroxylation sites is 1. The van der Waals surface area contributed by atoms with Crippen molar-refractivity contribution in [2.75, 3.05) is 18.0 Å². The van der Waals surface area contributed by atoms with Crippen molar-refractivity contribution in [1.29, 1.82) is 0 Å². The Morgan fingerprint density at radius 2 is 1.78 bits per heavy atom. The number of benzene rings is 2.